The molecule has 1 amide bonds. The van der Waals surface area contributed by atoms with E-state index in [1.165, 1.54) is 5.56 Å². The highest BCUT2D eigenvalue weighted by atomic mass is 35.5. The zero-order valence-electron chi connectivity index (χ0n) is 15.1. The predicted molar refractivity (Wildman–Crippen MR) is 106 cm³/mol. The summed E-state index contributed by atoms with van der Waals surface area (Å²) < 4.78 is 0. The largest absolute Gasteiger partial charge is 0.385 e. The maximum Gasteiger partial charge on any atom is 0.272 e. The molecule has 26 heavy (non-hydrogen) atoms. The van der Waals surface area contributed by atoms with Crippen molar-refractivity contribution in [2.24, 2.45) is 0 Å². The molecule has 2 aromatic rings. The SMILES string of the molecule is CCN1CCN(C(=O)c2cc(NCCc3cccc(Cl)c3)ccn2)CC1. The highest BCUT2D eigenvalue weighted by molar-refractivity contribution is 6.30. The molecule has 3 rings (SSSR count). The molecule has 0 radical (unpaired) electrons. The van der Waals surface area contributed by atoms with Gasteiger partial charge in [0, 0.05) is 49.6 Å². The predicted octanol–water partition coefficient (Wildman–Crippen LogP) is 3.17. The summed E-state index contributed by atoms with van der Waals surface area (Å²) >= 11 is 6.01. The number of halogens is 1. The van der Waals surface area contributed by atoms with Crippen LogP contribution in [0.5, 0.6) is 0 Å². The molecule has 1 saturated heterocycles. The van der Waals surface area contributed by atoms with E-state index in [4.69, 9.17) is 11.6 Å². The molecule has 0 aliphatic carbocycles. The number of hydrogen-bond acceptors (Lipinski definition) is 4. The standard InChI is InChI=1S/C20H25ClN4O/c1-2-24-10-12-25(13-11-24)20(26)19-15-18(7-9-23-19)22-8-6-16-4-3-5-17(21)14-16/h3-5,7,9,14-15H,2,6,8,10-13H2,1H3,(H,22,23). The minimum Gasteiger partial charge on any atom is -0.385 e. The fourth-order valence-corrected chi connectivity index (χ4v) is 3.34. The third-order valence-corrected chi connectivity index (χ3v) is 4.95. The average Bonchev–Trinajstić information content (AvgIpc) is 2.68. The number of rotatable bonds is 6. The van der Waals surface area contributed by atoms with Gasteiger partial charge in [0.2, 0.25) is 0 Å². The second-order valence-electron chi connectivity index (χ2n) is 6.46. The normalized spacial score (nSPS) is 15.1. The Morgan fingerprint density at radius 3 is 2.73 bits per heavy atom. The molecule has 5 nitrogen and oxygen atoms in total. The summed E-state index contributed by atoms with van der Waals surface area (Å²) in [5.74, 6) is 0.0132. The van der Waals surface area contributed by atoms with E-state index in [1.807, 2.05) is 35.2 Å². The number of amides is 1. The van der Waals surface area contributed by atoms with Crippen LogP contribution in [0.2, 0.25) is 5.02 Å². The Labute approximate surface area is 160 Å². The fourth-order valence-electron chi connectivity index (χ4n) is 3.13. The van der Waals surface area contributed by atoms with Gasteiger partial charge in [-0.05, 0) is 42.8 Å². The summed E-state index contributed by atoms with van der Waals surface area (Å²) in [5, 5.41) is 4.12. The lowest BCUT2D eigenvalue weighted by molar-refractivity contribution is 0.0637. The number of carbonyl (C=O) groups excluding carboxylic acids is 1. The van der Waals surface area contributed by atoms with E-state index >= 15 is 0 Å². The van der Waals surface area contributed by atoms with Gasteiger partial charge in [0.05, 0.1) is 0 Å². The van der Waals surface area contributed by atoms with E-state index in [1.54, 1.807) is 6.20 Å². The fraction of sp³-hybridized carbons (Fsp3) is 0.400. The first-order valence-electron chi connectivity index (χ1n) is 9.11. The van der Waals surface area contributed by atoms with E-state index in [-0.39, 0.29) is 5.91 Å². The molecule has 1 N–H and O–H groups in total. The smallest absolute Gasteiger partial charge is 0.272 e. The van der Waals surface area contributed by atoms with Crippen LogP contribution in [0, 0.1) is 0 Å². The molecule has 138 valence electrons. The number of carbonyl (C=O) groups is 1. The average molecular weight is 373 g/mol. The van der Waals surface area contributed by atoms with Crippen LogP contribution in [0.3, 0.4) is 0 Å². The van der Waals surface area contributed by atoms with E-state index in [9.17, 15) is 4.79 Å². The quantitative estimate of drug-likeness (QED) is 0.846. The summed E-state index contributed by atoms with van der Waals surface area (Å²) in [6.45, 7) is 7.35. The van der Waals surface area contributed by atoms with Crippen molar-refractivity contribution in [1.29, 1.82) is 0 Å². The lowest BCUT2D eigenvalue weighted by atomic mass is 10.1. The van der Waals surface area contributed by atoms with Gasteiger partial charge < -0.3 is 15.1 Å². The number of anilines is 1. The summed E-state index contributed by atoms with van der Waals surface area (Å²) in [4.78, 5) is 21.2. The molecule has 1 aliphatic heterocycles. The number of likely N-dealkylation sites (N-methyl/N-ethyl adjacent to an activating group) is 1. The number of benzene rings is 1. The molecule has 2 heterocycles. The summed E-state index contributed by atoms with van der Waals surface area (Å²) in [5.41, 5.74) is 2.60. The highest BCUT2D eigenvalue weighted by Crippen LogP contribution is 2.14. The van der Waals surface area contributed by atoms with Gasteiger partial charge in [0.15, 0.2) is 0 Å². The van der Waals surface area contributed by atoms with Gasteiger partial charge in [-0.1, -0.05) is 30.7 Å². The summed E-state index contributed by atoms with van der Waals surface area (Å²) in [6, 6.07) is 11.6. The van der Waals surface area contributed by atoms with Crippen molar-refractivity contribution >= 4 is 23.2 Å². The first-order valence-corrected chi connectivity index (χ1v) is 9.49. The first-order chi connectivity index (χ1) is 12.7. The topological polar surface area (TPSA) is 48.5 Å². The van der Waals surface area contributed by atoms with Gasteiger partial charge in [-0.3, -0.25) is 9.78 Å². The molecule has 0 atom stereocenters. The maximum atomic E-state index is 12.7. The molecule has 1 aliphatic rings. The minimum absolute atomic E-state index is 0.0132. The lowest BCUT2D eigenvalue weighted by Crippen LogP contribution is -2.48. The van der Waals surface area contributed by atoms with Crippen LogP contribution in [-0.4, -0.2) is 60.0 Å². The Kier molecular flexibility index (Phi) is 6.47. The van der Waals surface area contributed by atoms with Crippen molar-refractivity contribution in [1.82, 2.24) is 14.8 Å². The van der Waals surface area contributed by atoms with Crippen molar-refractivity contribution in [3.63, 3.8) is 0 Å². The van der Waals surface area contributed by atoms with Gasteiger partial charge in [0.1, 0.15) is 5.69 Å². The van der Waals surface area contributed by atoms with Gasteiger partial charge in [-0.2, -0.15) is 0 Å². The molecule has 0 bridgehead atoms. The number of aromatic nitrogens is 1. The molecular weight excluding hydrogens is 348 g/mol. The highest BCUT2D eigenvalue weighted by Gasteiger charge is 2.22. The van der Waals surface area contributed by atoms with Gasteiger partial charge in [0.25, 0.3) is 5.91 Å². The Hall–Kier alpha value is -2.11. The van der Waals surface area contributed by atoms with Crippen molar-refractivity contribution in [3.05, 3.63) is 58.9 Å². The van der Waals surface area contributed by atoms with Gasteiger partial charge in [-0.15, -0.1) is 0 Å². The number of nitrogens with one attached hydrogen (secondary N) is 1. The number of nitrogens with zero attached hydrogens (tertiary/aromatic N) is 3. The van der Waals surface area contributed by atoms with Crippen LogP contribution in [-0.2, 0) is 6.42 Å². The van der Waals surface area contributed by atoms with Crippen molar-refractivity contribution < 1.29 is 4.79 Å². The zero-order valence-corrected chi connectivity index (χ0v) is 15.9. The second kappa shape index (κ2) is 9.01. The van der Waals surface area contributed by atoms with Gasteiger partial charge >= 0.3 is 0 Å². The van der Waals surface area contributed by atoms with E-state index < -0.39 is 0 Å². The molecular formula is C20H25ClN4O. The van der Waals surface area contributed by atoms with Crippen LogP contribution in [0.25, 0.3) is 0 Å². The molecule has 1 aromatic carbocycles. The van der Waals surface area contributed by atoms with E-state index in [2.05, 4.69) is 28.2 Å². The molecule has 0 spiro atoms. The molecule has 0 saturated carbocycles. The molecule has 6 heteroatoms. The Balaban J connectivity index is 1.55. The molecule has 1 fully saturated rings. The Morgan fingerprint density at radius 1 is 1.19 bits per heavy atom. The van der Waals surface area contributed by atoms with Crippen LogP contribution in [0.15, 0.2) is 42.6 Å². The third kappa shape index (κ3) is 4.96. The van der Waals surface area contributed by atoms with E-state index in [0.29, 0.717) is 5.69 Å². The maximum absolute atomic E-state index is 12.7. The first kappa shape index (κ1) is 18.7. The molecule has 1 aromatic heterocycles. The van der Waals surface area contributed by atoms with E-state index in [0.717, 1.165) is 56.4 Å². The lowest BCUT2D eigenvalue weighted by Gasteiger charge is -2.33. The minimum atomic E-state index is 0.0132. The second-order valence-corrected chi connectivity index (χ2v) is 6.90. The van der Waals surface area contributed by atoms with Crippen molar-refractivity contribution in [2.75, 3.05) is 44.6 Å². The van der Waals surface area contributed by atoms with Crippen molar-refractivity contribution in [2.45, 2.75) is 13.3 Å². The number of hydrogen-bond donors (Lipinski definition) is 1. The van der Waals surface area contributed by atoms with Crippen LogP contribution in [0.4, 0.5) is 5.69 Å². The molecule has 0 unspecified atom stereocenters. The Morgan fingerprint density at radius 2 is 2.00 bits per heavy atom. The number of pyridine rings is 1. The van der Waals surface area contributed by atoms with Crippen LogP contribution < -0.4 is 5.32 Å². The monoisotopic (exact) mass is 372 g/mol. The summed E-state index contributed by atoms with van der Waals surface area (Å²) in [6.07, 6.45) is 2.56. The van der Waals surface area contributed by atoms with Crippen molar-refractivity contribution in [3.8, 4) is 0 Å². The summed E-state index contributed by atoms with van der Waals surface area (Å²) in [7, 11) is 0. The van der Waals surface area contributed by atoms with Crippen LogP contribution >= 0.6 is 11.6 Å². The Bertz CT molecular complexity index is 744. The third-order valence-electron chi connectivity index (χ3n) is 4.72. The number of piperazine rings is 1. The zero-order chi connectivity index (χ0) is 18.4. The van der Waals surface area contributed by atoms with Gasteiger partial charge in [-0.25, -0.2) is 0 Å². The van der Waals surface area contributed by atoms with Crippen LogP contribution in [0.1, 0.15) is 23.0 Å².